The smallest absolute Gasteiger partial charge is 0.341 e. The van der Waals surface area contributed by atoms with Gasteiger partial charge in [0.25, 0.3) is 5.91 Å². The number of thiophene rings is 1. The van der Waals surface area contributed by atoms with Crippen LogP contribution in [0.25, 0.3) is 11.1 Å². The van der Waals surface area contributed by atoms with Crippen LogP contribution in [0.15, 0.2) is 42.5 Å². The highest BCUT2D eigenvalue weighted by Crippen LogP contribution is 2.41. The average Bonchev–Trinajstić information content (AvgIpc) is 3.64. The van der Waals surface area contributed by atoms with E-state index in [-0.39, 0.29) is 25.5 Å². The van der Waals surface area contributed by atoms with E-state index in [0.717, 1.165) is 47.4 Å². The van der Waals surface area contributed by atoms with E-state index in [4.69, 9.17) is 9.47 Å². The molecule has 0 saturated carbocycles. The number of nitrogens with zero attached hydrogens (tertiary/aromatic N) is 1. The number of esters is 2. The highest BCUT2D eigenvalue weighted by Gasteiger charge is 2.38. The molecule has 2 aromatic carbocycles. The third-order valence-electron chi connectivity index (χ3n) is 8.44. The summed E-state index contributed by atoms with van der Waals surface area (Å²) in [5.74, 6) is -1.90. The van der Waals surface area contributed by atoms with Crippen LogP contribution in [-0.2, 0) is 43.1 Å². The average molecular weight is 587 g/mol. The number of amides is 2. The van der Waals surface area contributed by atoms with Gasteiger partial charge in [-0.1, -0.05) is 37.3 Å². The van der Waals surface area contributed by atoms with E-state index >= 15 is 0 Å². The van der Waals surface area contributed by atoms with Crippen molar-refractivity contribution in [3.8, 4) is 11.1 Å². The van der Waals surface area contributed by atoms with Gasteiger partial charge in [0, 0.05) is 23.5 Å². The lowest BCUT2D eigenvalue weighted by atomic mass is 9.88. The summed E-state index contributed by atoms with van der Waals surface area (Å²) >= 11 is 1.39. The second-order valence-electron chi connectivity index (χ2n) is 11.4. The summed E-state index contributed by atoms with van der Waals surface area (Å²) in [6.07, 6.45) is 2.29. The van der Waals surface area contributed by atoms with Gasteiger partial charge in [-0.3, -0.25) is 14.4 Å². The zero-order valence-corrected chi connectivity index (χ0v) is 24.8. The van der Waals surface area contributed by atoms with Crippen LogP contribution in [0.2, 0.25) is 0 Å². The predicted octanol–water partition coefficient (Wildman–Crippen LogP) is 5.54. The molecule has 2 aliphatic carbocycles. The number of anilines is 2. The molecule has 42 heavy (non-hydrogen) atoms. The van der Waals surface area contributed by atoms with Gasteiger partial charge in [0.2, 0.25) is 5.91 Å². The lowest BCUT2D eigenvalue weighted by Gasteiger charge is -2.19. The molecule has 6 rings (SSSR count). The summed E-state index contributed by atoms with van der Waals surface area (Å²) < 4.78 is 10.8. The Hall–Kier alpha value is -3.98. The van der Waals surface area contributed by atoms with Crippen LogP contribution in [0.1, 0.15) is 65.5 Å². The maximum Gasteiger partial charge on any atom is 0.341 e. The Morgan fingerprint density at radius 2 is 1.88 bits per heavy atom. The predicted molar refractivity (Wildman–Crippen MR) is 161 cm³/mol. The SMILES string of the molecule is CCOC(=O)c1c(NC(=O)C(C)OC(=O)C2CC(=O)N(c3ccc4c(c3)Cc3ccccc3-4)C2)sc2c1CCC(C)C2. The Labute approximate surface area is 249 Å². The van der Waals surface area contributed by atoms with Crippen LogP contribution in [0.3, 0.4) is 0 Å². The topological polar surface area (TPSA) is 102 Å². The van der Waals surface area contributed by atoms with Crippen molar-refractivity contribution in [3.05, 3.63) is 69.6 Å². The van der Waals surface area contributed by atoms with Crippen LogP contribution in [0, 0.1) is 11.8 Å². The van der Waals surface area contributed by atoms with Crippen molar-refractivity contribution in [2.24, 2.45) is 11.8 Å². The fourth-order valence-electron chi connectivity index (χ4n) is 6.21. The number of nitrogens with one attached hydrogen (secondary N) is 1. The molecule has 2 heterocycles. The summed E-state index contributed by atoms with van der Waals surface area (Å²) in [4.78, 5) is 54.6. The molecule has 0 spiro atoms. The lowest BCUT2D eigenvalue weighted by molar-refractivity contribution is -0.157. The van der Waals surface area contributed by atoms with Gasteiger partial charge in [-0.05, 0) is 85.4 Å². The molecule has 3 aliphatic rings. The van der Waals surface area contributed by atoms with Gasteiger partial charge in [0.05, 0.1) is 18.1 Å². The van der Waals surface area contributed by atoms with Gasteiger partial charge < -0.3 is 19.7 Å². The molecule has 1 N–H and O–H groups in total. The Morgan fingerprint density at radius 1 is 1.10 bits per heavy atom. The number of carbonyl (C=O) groups excluding carboxylic acids is 4. The van der Waals surface area contributed by atoms with E-state index in [1.165, 1.54) is 35.0 Å². The molecule has 0 radical (unpaired) electrons. The van der Waals surface area contributed by atoms with Gasteiger partial charge in [-0.15, -0.1) is 11.3 Å². The molecule has 3 aromatic rings. The number of benzene rings is 2. The molecule has 0 bridgehead atoms. The molecular weight excluding hydrogens is 552 g/mol. The van der Waals surface area contributed by atoms with Gasteiger partial charge in [-0.25, -0.2) is 4.79 Å². The Balaban J connectivity index is 1.11. The van der Waals surface area contributed by atoms with Crippen LogP contribution >= 0.6 is 11.3 Å². The van der Waals surface area contributed by atoms with Gasteiger partial charge in [0.1, 0.15) is 5.00 Å². The van der Waals surface area contributed by atoms with Crippen molar-refractivity contribution in [2.45, 2.75) is 59.0 Å². The van der Waals surface area contributed by atoms with Gasteiger partial charge in [0.15, 0.2) is 6.10 Å². The largest absolute Gasteiger partial charge is 0.462 e. The van der Waals surface area contributed by atoms with Crippen molar-refractivity contribution in [1.82, 2.24) is 0 Å². The normalized spacial score (nSPS) is 19.5. The summed E-state index contributed by atoms with van der Waals surface area (Å²) in [6.45, 7) is 5.85. The van der Waals surface area contributed by atoms with E-state index in [2.05, 4.69) is 24.4 Å². The zero-order valence-electron chi connectivity index (χ0n) is 24.0. The maximum atomic E-state index is 13.1. The third kappa shape index (κ3) is 5.22. The monoisotopic (exact) mass is 586 g/mol. The lowest BCUT2D eigenvalue weighted by Crippen LogP contribution is -2.33. The number of ether oxygens (including phenoxy) is 2. The van der Waals surface area contributed by atoms with E-state index in [1.54, 1.807) is 11.8 Å². The highest BCUT2D eigenvalue weighted by molar-refractivity contribution is 7.17. The minimum atomic E-state index is -1.10. The van der Waals surface area contributed by atoms with E-state index < -0.39 is 29.9 Å². The molecule has 1 fully saturated rings. The van der Waals surface area contributed by atoms with Crippen LogP contribution in [0.4, 0.5) is 10.7 Å². The van der Waals surface area contributed by atoms with Gasteiger partial charge >= 0.3 is 11.9 Å². The maximum absolute atomic E-state index is 13.1. The zero-order chi connectivity index (χ0) is 29.5. The Bertz CT molecular complexity index is 1590. The molecular formula is C33H34N2O6S. The number of hydrogen-bond donors (Lipinski definition) is 1. The first-order chi connectivity index (χ1) is 20.2. The quantitative estimate of drug-likeness (QED) is 0.285. The minimum absolute atomic E-state index is 0.0211. The third-order valence-corrected chi connectivity index (χ3v) is 9.61. The first kappa shape index (κ1) is 28.2. The van der Waals surface area contributed by atoms with Gasteiger partial charge in [-0.2, -0.15) is 0 Å². The molecule has 2 amide bonds. The van der Waals surface area contributed by atoms with E-state index in [9.17, 15) is 19.2 Å². The number of rotatable bonds is 7. The minimum Gasteiger partial charge on any atom is -0.462 e. The van der Waals surface area contributed by atoms with Crippen LogP contribution < -0.4 is 10.2 Å². The fraction of sp³-hybridized carbons (Fsp3) is 0.394. The summed E-state index contributed by atoms with van der Waals surface area (Å²) in [6, 6.07) is 14.3. The molecule has 9 heteroatoms. The van der Waals surface area contributed by atoms with Crippen LogP contribution in [0.5, 0.6) is 0 Å². The summed E-state index contributed by atoms with van der Waals surface area (Å²) in [7, 11) is 0. The van der Waals surface area contributed by atoms with Crippen molar-refractivity contribution < 1.29 is 28.7 Å². The second-order valence-corrected chi connectivity index (χ2v) is 12.5. The molecule has 3 atom stereocenters. The second kappa shape index (κ2) is 11.4. The van der Waals surface area contributed by atoms with Crippen molar-refractivity contribution in [1.29, 1.82) is 0 Å². The molecule has 1 aromatic heterocycles. The van der Waals surface area contributed by atoms with Crippen molar-refractivity contribution in [2.75, 3.05) is 23.4 Å². The summed E-state index contributed by atoms with van der Waals surface area (Å²) in [5.41, 5.74) is 6.91. The van der Waals surface area contributed by atoms with Crippen molar-refractivity contribution in [3.63, 3.8) is 0 Å². The standard InChI is InChI=1S/C33H34N2O6S/c1-4-40-33(39)29-26-11-9-18(2)13-27(26)42-31(29)34-30(37)19(3)41-32(38)22-16-28(36)35(17-22)23-10-12-25-21(15-23)14-20-7-5-6-8-24(20)25/h5-8,10,12,15,18-19,22H,4,9,11,13-14,16-17H2,1-3H3,(H,34,37). The number of hydrogen-bond acceptors (Lipinski definition) is 7. The van der Waals surface area contributed by atoms with Crippen LogP contribution in [-0.4, -0.2) is 43.0 Å². The fourth-order valence-corrected chi connectivity index (χ4v) is 7.61. The Kier molecular flexibility index (Phi) is 7.62. The molecule has 218 valence electrons. The first-order valence-corrected chi connectivity index (χ1v) is 15.4. The van der Waals surface area contributed by atoms with Crippen molar-refractivity contribution >= 4 is 45.8 Å². The molecule has 8 nitrogen and oxygen atoms in total. The molecule has 3 unspecified atom stereocenters. The number of carbonyl (C=O) groups is 4. The molecule has 1 saturated heterocycles. The highest BCUT2D eigenvalue weighted by atomic mass is 32.1. The van der Waals surface area contributed by atoms with E-state index in [1.807, 2.05) is 30.3 Å². The van der Waals surface area contributed by atoms with E-state index in [0.29, 0.717) is 16.5 Å². The first-order valence-electron chi connectivity index (χ1n) is 14.6. The molecule has 1 aliphatic heterocycles. The Morgan fingerprint density at radius 3 is 2.69 bits per heavy atom. The number of fused-ring (bicyclic) bond motifs is 4. The summed E-state index contributed by atoms with van der Waals surface area (Å²) in [5, 5.41) is 3.25.